The molecule has 1 aliphatic heterocycles. The van der Waals surface area contributed by atoms with Crippen LogP contribution in [-0.4, -0.2) is 121 Å². The van der Waals surface area contributed by atoms with Crippen LogP contribution in [0.15, 0.2) is 6.07 Å². The van der Waals surface area contributed by atoms with Crippen molar-refractivity contribution in [3.05, 3.63) is 28.3 Å². The van der Waals surface area contributed by atoms with Gasteiger partial charge in [-0.2, -0.15) is 0 Å². The first-order chi connectivity index (χ1) is 13.7. The number of likely N-dealkylation sites (N-methyl/N-ethyl adjacent to an activating group) is 1. The number of nitrogens with zero attached hydrogens (tertiary/aromatic N) is 2. The zero-order valence-electron chi connectivity index (χ0n) is 18.0. The van der Waals surface area contributed by atoms with Crippen molar-refractivity contribution in [3.63, 3.8) is 0 Å². The Hall–Kier alpha value is -0.494. The Morgan fingerprint density at radius 3 is 2.17 bits per heavy atom. The molecular weight excluding hydrogens is 431 g/mol. The molecule has 0 saturated carbocycles. The van der Waals surface area contributed by atoms with Gasteiger partial charge in [-0.3, -0.25) is 9.69 Å². The first-order valence-electron chi connectivity index (χ1n) is 10.2. The van der Waals surface area contributed by atoms with Crippen molar-refractivity contribution < 1.29 is 18.0 Å². The number of rotatable bonds is 5. The van der Waals surface area contributed by atoms with Crippen molar-refractivity contribution in [1.82, 2.24) is 14.5 Å². The third kappa shape index (κ3) is 4.95. The smallest absolute Gasteiger partial charge is 0.332 e. The van der Waals surface area contributed by atoms with Crippen molar-refractivity contribution in [3.8, 4) is 0 Å². The summed E-state index contributed by atoms with van der Waals surface area (Å²) in [5.74, 6) is -0.0710. The van der Waals surface area contributed by atoms with Gasteiger partial charge in [0.15, 0.2) is 0 Å². The van der Waals surface area contributed by atoms with E-state index in [2.05, 4.69) is 16.1 Å². The Kier molecular flexibility index (Phi) is 7.69. The number of urea groups is 1. The Labute approximate surface area is 220 Å². The number of sulfonamides is 1. The van der Waals surface area contributed by atoms with E-state index in [9.17, 15) is 18.0 Å². The third-order valence-electron chi connectivity index (χ3n) is 6.17. The van der Waals surface area contributed by atoms with Gasteiger partial charge >= 0.3 is 6.03 Å². The van der Waals surface area contributed by atoms with Crippen LogP contribution in [0.25, 0.3) is 0 Å². The molecular formula is C20H28KN4O4S. The summed E-state index contributed by atoms with van der Waals surface area (Å²) in [7, 11) is -0.457. The molecule has 0 aromatic heterocycles. The van der Waals surface area contributed by atoms with E-state index in [4.69, 9.17) is 0 Å². The number of hydrogen-bond donors (Lipinski definition) is 2. The fourth-order valence-electron chi connectivity index (χ4n) is 4.50. The number of aryl methyl sites for hydroxylation is 2. The Bertz CT molecular complexity index is 926. The summed E-state index contributed by atoms with van der Waals surface area (Å²) in [5.41, 5.74) is 5.71. The van der Waals surface area contributed by atoms with Crippen molar-refractivity contribution in [2.75, 3.05) is 39.0 Å². The summed E-state index contributed by atoms with van der Waals surface area (Å²) < 4.78 is 27.3. The number of amides is 3. The van der Waals surface area contributed by atoms with Gasteiger partial charge in [0.1, 0.15) is 5.25 Å². The topological polar surface area (TPSA) is 98.8 Å². The minimum atomic E-state index is -3.79. The average Bonchev–Trinajstić information content (AvgIpc) is 3.25. The quantitative estimate of drug-likeness (QED) is 0.625. The summed E-state index contributed by atoms with van der Waals surface area (Å²) in [6.07, 6.45) is 6.00. The molecule has 0 bridgehead atoms. The average molecular weight is 460 g/mol. The van der Waals surface area contributed by atoms with Crippen LogP contribution in [0.4, 0.5) is 10.5 Å². The van der Waals surface area contributed by atoms with Gasteiger partial charge < -0.3 is 10.2 Å². The summed E-state index contributed by atoms with van der Waals surface area (Å²) in [5, 5.41) is 2.17. The maximum absolute atomic E-state index is 12.6. The Balaban J connectivity index is 0.00000256. The second-order valence-corrected chi connectivity index (χ2v) is 10.4. The first kappa shape index (κ1) is 24.2. The molecule has 1 aromatic rings. The van der Waals surface area contributed by atoms with E-state index < -0.39 is 21.3 Å². The minimum absolute atomic E-state index is 0. The molecule has 0 atom stereocenters. The molecule has 1 saturated heterocycles. The van der Waals surface area contributed by atoms with E-state index in [0.717, 1.165) is 55.3 Å². The van der Waals surface area contributed by atoms with Crippen molar-refractivity contribution in [2.45, 2.75) is 43.8 Å². The second kappa shape index (κ2) is 9.56. The van der Waals surface area contributed by atoms with E-state index >= 15 is 0 Å². The molecule has 2 aliphatic carbocycles. The summed E-state index contributed by atoms with van der Waals surface area (Å²) in [4.78, 5) is 27.5. The number of anilines is 1. The third-order valence-corrected chi connectivity index (χ3v) is 7.81. The molecule has 0 spiro atoms. The number of carbonyl (C=O) groups excluding carboxylic acids is 2. The standard InChI is InChI=1S/C20H28N4O4S.K/c1-23(2)18(25)12-24-10-15(11-24)29(27,28)22-20(26)21-19-16-7-3-5-13(16)9-14-6-4-8-17(14)19;/h9,15H,3-8,10-12H2,1-2H3,(H2,21,22,26);. The van der Waals surface area contributed by atoms with Crippen LogP contribution in [0.3, 0.4) is 0 Å². The van der Waals surface area contributed by atoms with Crippen LogP contribution < -0.4 is 10.0 Å². The van der Waals surface area contributed by atoms with E-state index in [0.29, 0.717) is 0 Å². The molecule has 159 valence electrons. The molecule has 8 nitrogen and oxygen atoms in total. The largest absolute Gasteiger partial charge is 0.348 e. The molecule has 4 rings (SSSR count). The monoisotopic (exact) mass is 459 g/mol. The molecule has 0 unspecified atom stereocenters. The van der Waals surface area contributed by atoms with E-state index in [1.54, 1.807) is 19.0 Å². The van der Waals surface area contributed by atoms with Gasteiger partial charge in [0.2, 0.25) is 15.9 Å². The van der Waals surface area contributed by atoms with Gasteiger partial charge in [-0.25, -0.2) is 17.9 Å². The number of fused-ring (bicyclic) bond motifs is 2. The van der Waals surface area contributed by atoms with Gasteiger partial charge in [0.25, 0.3) is 0 Å². The van der Waals surface area contributed by atoms with E-state index in [1.165, 1.54) is 16.0 Å². The van der Waals surface area contributed by atoms with Crippen molar-refractivity contribution in [1.29, 1.82) is 0 Å². The summed E-state index contributed by atoms with van der Waals surface area (Å²) in [6, 6.07) is 1.57. The van der Waals surface area contributed by atoms with E-state index in [-0.39, 0.29) is 76.9 Å². The molecule has 30 heavy (non-hydrogen) atoms. The summed E-state index contributed by atoms with van der Waals surface area (Å²) >= 11 is 0. The number of benzene rings is 1. The predicted molar refractivity (Wildman–Crippen MR) is 116 cm³/mol. The number of carbonyl (C=O) groups is 2. The normalized spacial score (nSPS) is 18.1. The van der Waals surface area contributed by atoms with Crippen LogP contribution in [0.5, 0.6) is 0 Å². The van der Waals surface area contributed by atoms with Crippen LogP contribution >= 0.6 is 0 Å². The zero-order chi connectivity index (χ0) is 20.8. The summed E-state index contributed by atoms with van der Waals surface area (Å²) in [6.45, 7) is 0.685. The fourth-order valence-corrected chi connectivity index (χ4v) is 5.79. The van der Waals surface area contributed by atoms with Crippen LogP contribution in [0.2, 0.25) is 0 Å². The van der Waals surface area contributed by atoms with Crippen molar-refractivity contribution >= 4 is 79.0 Å². The molecule has 1 radical (unpaired) electrons. The minimum Gasteiger partial charge on any atom is -0.348 e. The SMILES string of the molecule is CN(C)C(=O)CN1CC(S(=O)(=O)NC(=O)Nc2c3c(cc4c2CCC4)CCC3)C1.[K]. The molecule has 1 fully saturated rings. The van der Waals surface area contributed by atoms with Crippen LogP contribution in [0, 0.1) is 0 Å². The van der Waals surface area contributed by atoms with Crippen LogP contribution in [0.1, 0.15) is 35.1 Å². The Morgan fingerprint density at radius 1 is 1.07 bits per heavy atom. The van der Waals surface area contributed by atoms with Crippen molar-refractivity contribution in [2.24, 2.45) is 0 Å². The molecule has 10 heteroatoms. The molecule has 3 amide bonds. The number of hydrogen-bond acceptors (Lipinski definition) is 5. The Morgan fingerprint density at radius 2 is 1.63 bits per heavy atom. The number of likely N-dealkylation sites (tertiary alicyclic amines) is 1. The fraction of sp³-hybridized carbons (Fsp3) is 0.600. The molecule has 3 aliphatic rings. The van der Waals surface area contributed by atoms with Crippen LogP contribution in [-0.2, 0) is 40.5 Å². The van der Waals surface area contributed by atoms with Gasteiger partial charge in [-0.15, -0.1) is 0 Å². The maximum atomic E-state index is 12.6. The molecule has 2 N–H and O–H groups in total. The van der Waals surface area contributed by atoms with Gasteiger partial charge in [-0.1, -0.05) is 6.07 Å². The second-order valence-electron chi connectivity index (χ2n) is 8.44. The maximum Gasteiger partial charge on any atom is 0.332 e. The van der Waals surface area contributed by atoms with E-state index in [1.807, 2.05) is 0 Å². The zero-order valence-corrected chi connectivity index (χ0v) is 21.9. The molecule has 1 heterocycles. The van der Waals surface area contributed by atoms with Gasteiger partial charge in [0, 0.05) is 84.3 Å². The first-order valence-corrected chi connectivity index (χ1v) is 11.7. The van der Waals surface area contributed by atoms with Gasteiger partial charge in [0.05, 0.1) is 6.54 Å². The predicted octanol–water partition coefficient (Wildman–Crippen LogP) is 0.507. The number of nitrogens with one attached hydrogen (secondary N) is 2. The molecule has 1 aromatic carbocycles. The van der Waals surface area contributed by atoms with Gasteiger partial charge in [-0.05, 0) is 60.8 Å².